The van der Waals surface area contributed by atoms with Crippen molar-refractivity contribution in [2.45, 2.75) is 32.1 Å². The molecular weight excluding hydrogens is 701 g/mol. The normalized spacial score (nSPS) is 15.6. The molecule has 2 aliphatic rings. The second-order valence-electron chi connectivity index (χ2n) is 16.0. The van der Waals surface area contributed by atoms with Crippen LogP contribution in [0.2, 0.25) is 0 Å². The van der Waals surface area contributed by atoms with Crippen molar-refractivity contribution in [2.24, 2.45) is 5.92 Å². The first-order chi connectivity index (χ1) is 28.6. The van der Waals surface area contributed by atoms with Gasteiger partial charge in [0.05, 0.1) is 0 Å². The fraction of sp³-hybridized carbons (Fsp3) is 0.107. The molecular formula is C56H46N2. The Morgan fingerprint density at radius 2 is 0.724 bits per heavy atom. The highest BCUT2D eigenvalue weighted by molar-refractivity contribution is 5.82. The predicted octanol–water partition coefficient (Wildman–Crippen LogP) is 15.9. The van der Waals surface area contributed by atoms with Gasteiger partial charge in [-0.2, -0.15) is 0 Å². The summed E-state index contributed by atoms with van der Waals surface area (Å²) in [5.74, 6) is 1.47. The molecule has 280 valence electrons. The molecule has 0 aromatic heterocycles. The average molecular weight is 747 g/mol. The summed E-state index contributed by atoms with van der Waals surface area (Å²) in [6.45, 7) is 2.40. The lowest BCUT2D eigenvalue weighted by Crippen LogP contribution is -2.17. The van der Waals surface area contributed by atoms with Crippen LogP contribution in [0.3, 0.4) is 0 Å². The van der Waals surface area contributed by atoms with Crippen molar-refractivity contribution in [1.82, 2.24) is 0 Å². The Morgan fingerprint density at radius 3 is 1.17 bits per heavy atom. The van der Waals surface area contributed by atoms with E-state index in [-0.39, 0.29) is 0 Å². The van der Waals surface area contributed by atoms with Crippen LogP contribution in [0, 0.1) is 5.92 Å². The van der Waals surface area contributed by atoms with Gasteiger partial charge < -0.3 is 9.80 Å². The van der Waals surface area contributed by atoms with Gasteiger partial charge >= 0.3 is 0 Å². The van der Waals surface area contributed by atoms with E-state index in [4.69, 9.17) is 0 Å². The second kappa shape index (κ2) is 15.6. The first kappa shape index (κ1) is 35.5. The van der Waals surface area contributed by atoms with E-state index in [9.17, 15) is 0 Å². The molecule has 8 aromatic rings. The maximum absolute atomic E-state index is 2.47. The van der Waals surface area contributed by atoms with Crippen molar-refractivity contribution in [3.8, 4) is 33.4 Å². The van der Waals surface area contributed by atoms with E-state index in [1.165, 1.54) is 63.8 Å². The summed E-state index contributed by atoms with van der Waals surface area (Å²) >= 11 is 0. The molecule has 1 saturated carbocycles. The van der Waals surface area contributed by atoms with Crippen LogP contribution in [0.5, 0.6) is 0 Å². The number of para-hydroxylation sites is 2. The second-order valence-corrected chi connectivity index (χ2v) is 16.0. The van der Waals surface area contributed by atoms with Crippen LogP contribution in [0.1, 0.15) is 43.2 Å². The minimum absolute atomic E-state index is 0.680. The number of rotatable bonds is 9. The van der Waals surface area contributed by atoms with Gasteiger partial charge in [0.15, 0.2) is 0 Å². The fourth-order valence-corrected chi connectivity index (χ4v) is 9.22. The maximum Gasteiger partial charge on any atom is 0.0462 e. The zero-order valence-corrected chi connectivity index (χ0v) is 32.9. The molecule has 2 unspecified atom stereocenters. The van der Waals surface area contributed by atoms with Crippen LogP contribution in [-0.4, -0.2) is 0 Å². The Bertz CT molecular complexity index is 2660. The third-order valence-electron chi connectivity index (χ3n) is 12.0. The molecule has 2 bridgehead atoms. The Morgan fingerprint density at radius 1 is 0.362 bits per heavy atom. The molecule has 0 amide bonds. The molecule has 10 rings (SSSR count). The quantitative estimate of drug-likeness (QED) is 0.145. The van der Waals surface area contributed by atoms with Gasteiger partial charge in [-0.05, 0) is 154 Å². The van der Waals surface area contributed by atoms with Crippen molar-refractivity contribution in [3.05, 3.63) is 223 Å². The van der Waals surface area contributed by atoms with E-state index < -0.39 is 0 Å². The topological polar surface area (TPSA) is 6.48 Å². The van der Waals surface area contributed by atoms with Crippen molar-refractivity contribution in [2.75, 3.05) is 9.80 Å². The van der Waals surface area contributed by atoms with E-state index in [1.54, 1.807) is 5.57 Å². The lowest BCUT2D eigenvalue weighted by molar-refractivity contribution is 0.404. The van der Waals surface area contributed by atoms with Crippen molar-refractivity contribution < 1.29 is 0 Å². The molecule has 0 radical (unpaired) electrons. The third kappa shape index (κ3) is 7.14. The number of benzene rings is 8. The van der Waals surface area contributed by atoms with Crippen LogP contribution in [0.25, 0.3) is 39.5 Å². The van der Waals surface area contributed by atoms with Crippen molar-refractivity contribution in [3.63, 3.8) is 0 Å². The molecule has 2 aliphatic carbocycles. The Labute approximate surface area is 343 Å². The molecule has 1 fully saturated rings. The number of anilines is 6. The van der Waals surface area contributed by atoms with E-state index in [0.717, 1.165) is 40.0 Å². The zero-order valence-electron chi connectivity index (χ0n) is 32.9. The largest absolute Gasteiger partial charge is 0.311 e. The van der Waals surface area contributed by atoms with Gasteiger partial charge in [-0.3, -0.25) is 0 Å². The fourth-order valence-electron chi connectivity index (χ4n) is 9.22. The monoisotopic (exact) mass is 746 g/mol. The molecule has 0 spiro atoms. The summed E-state index contributed by atoms with van der Waals surface area (Å²) in [5, 5.41) is 0. The molecule has 2 heteroatoms. The molecule has 2 atom stereocenters. The van der Waals surface area contributed by atoms with Crippen molar-refractivity contribution >= 4 is 40.2 Å². The van der Waals surface area contributed by atoms with Gasteiger partial charge in [0, 0.05) is 34.1 Å². The van der Waals surface area contributed by atoms with Gasteiger partial charge in [-0.1, -0.05) is 146 Å². The van der Waals surface area contributed by atoms with E-state index >= 15 is 0 Å². The highest BCUT2D eigenvalue weighted by Crippen LogP contribution is 2.46. The molecule has 0 heterocycles. The minimum atomic E-state index is 0.680. The van der Waals surface area contributed by atoms with Crippen LogP contribution in [0.4, 0.5) is 34.1 Å². The standard InChI is InChI=1S/C56H46N2/c1-40-35-41-37-48(36-40)56-34-25-47(39-49(56)38-41)46-23-32-55(33-24-46)58(51-15-9-4-10-16-51)54-30-21-45(22-31-54)44-19-28-53(29-20-44)57(50-13-7-3-8-14-50)52-26-17-43(18-27-52)42-11-5-2-6-12-42/h2-34,38-40,48H,35-37H2,1H3. The van der Waals surface area contributed by atoms with Gasteiger partial charge in [0.1, 0.15) is 0 Å². The number of fused-ring (bicyclic) bond motifs is 4. The summed E-state index contributed by atoms with van der Waals surface area (Å²) in [6.07, 6.45) is 6.27. The molecule has 2 nitrogen and oxygen atoms in total. The summed E-state index contributed by atoms with van der Waals surface area (Å²) < 4.78 is 0. The number of hydrogen-bond acceptors (Lipinski definition) is 2. The van der Waals surface area contributed by atoms with Crippen molar-refractivity contribution in [1.29, 1.82) is 0 Å². The summed E-state index contributed by atoms with van der Waals surface area (Å²) in [7, 11) is 0. The first-order valence-corrected chi connectivity index (χ1v) is 20.6. The summed E-state index contributed by atoms with van der Waals surface area (Å²) in [5.41, 5.74) is 18.6. The maximum atomic E-state index is 2.47. The molecule has 0 aliphatic heterocycles. The summed E-state index contributed by atoms with van der Waals surface area (Å²) in [6, 6.07) is 74.7. The molecule has 8 aromatic carbocycles. The molecule has 0 saturated heterocycles. The predicted molar refractivity (Wildman–Crippen MR) is 246 cm³/mol. The minimum Gasteiger partial charge on any atom is -0.311 e. The van der Waals surface area contributed by atoms with E-state index in [1.807, 2.05) is 0 Å². The zero-order chi connectivity index (χ0) is 38.8. The number of hydrogen-bond donors (Lipinski definition) is 0. The van der Waals surface area contributed by atoms with Gasteiger partial charge in [-0.15, -0.1) is 0 Å². The summed E-state index contributed by atoms with van der Waals surface area (Å²) in [4.78, 5) is 4.66. The van der Waals surface area contributed by atoms with E-state index in [2.05, 4.69) is 229 Å². The van der Waals surface area contributed by atoms with Crippen LogP contribution >= 0.6 is 0 Å². The Kier molecular flexibility index (Phi) is 9.53. The highest BCUT2D eigenvalue weighted by atomic mass is 15.1. The smallest absolute Gasteiger partial charge is 0.0462 e. The third-order valence-corrected chi connectivity index (χ3v) is 12.0. The van der Waals surface area contributed by atoms with E-state index in [0.29, 0.717) is 5.92 Å². The number of nitrogens with zero attached hydrogens (tertiary/aromatic N) is 2. The molecule has 58 heavy (non-hydrogen) atoms. The average Bonchev–Trinajstić information content (AvgIpc) is 3.28. The SMILES string of the molecule is CC1CC2=Cc3cc(-c4ccc(N(c5ccccc5)c5ccc(-c6ccc(N(c7ccccc7)c7ccc(-c8ccccc8)cc7)cc6)cc5)cc4)ccc3C(C2)C1. The lowest BCUT2D eigenvalue weighted by atomic mass is 9.71. The highest BCUT2D eigenvalue weighted by Gasteiger charge is 2.28. The Balaban J connectivity index is 0.913. The first-order valence-electron chi connectivity index (χ1n) is 20.6. The van der Waals surface area contributed by atoms with Crippen LogP contribution in [-0.2, 0) is 0 Å². The van der Waals surface area contributed by atoms with Gasteiger partial charge in [0.2, 0.25) is 0 Å². The Hall–Kier alpha value is -6.90. The molecule has 0 N–H and O–H groups in total. The van der Waals surface area contributed by atoms with Crippen LogP contribution < -0.4 is 9.80 Å². The number of allylic oxidation sites excluding steroid dienone is 1. The van der Waals surface area contributed by atoms with Crippen LogP contribution in [0.15, 0.2) is 212 Å². The lowest BCUT2D eigenvalue weighted by Gasteiger charge is -2.34. The van der Waals surface area contributed by atoms with Gasteiger partial charge in [-0.25, -0.2) is 0 Å². The van der Waals surface area contributed by atoms with Gasteiger partial charge in [0.25, 0.3) is 0 Å².